The molecule has 0 fully saturated rings. The Morgan fingerprint density at radius 2 is 1.74 bits per heavy atom. The first-order chi connectivity index (χ1) is 18.1. The third-order valence-electron chi connectivity index (χ3n) is 4.60. The smallest absolute Gasteiger partial charge is 0.329 e. The molecule has 38 heavy (non-hydrogen) atoms. The van der Waals surface area contributed by atoms with Crippen LogP contribution in [0.1, 0.15) is 12.5 Å². The second-order valence-electron chi connectivity index (χ2n) is 7.18. The number of benzene rings is 3. The minimum atomic E-state index is -1.15. The molecule has 0 unspecified atom stereocenters. The fourth-order valence-electron chi connectivity index (χ4n) is 2.91. The normalized spacial score (nSPS) is 10.6. The van der Waals surface area contributed by atoms with Gasteiger partial charge in [0.05, 0.1) is 34.4 Å². The number of nitro benzene ring substituents is 2. The summed E-state index contributed by atoms with van der Waals surface area (Å²) in [5.74, 6) is -3.07. The molecule has 196 valence electrons. The van der Waals surface area contributed by atoms with Crippen LogP contribution in [0.25, 0.3) is 0 Å². The van der Waals surface area contributed by atoms with Crippen LogP contribution in [0.15, 0.2) is 64.2 Å². The van der Waals surface area contributed by atoms with E-state index in [1.165, 1.54) is 36.5 Å². The van der Waals surface area contributed by atoms with Crippen molar-refractivity contribution in [1.82, 2.24) is 5.43 Å². The molecule has 0 bridgehead atoms. The molecule has 0 spiro atoms. The van der Waals surface area contributed by atoms with E-state index in [1.807, 2.05) is 5.43 Å². The molecular weight excluding hydrogens is 573 g/mol. The molecule has 13 nitrogen and oxygen atoms in total. The zero-order valence-electron chi connectivity index (χ0n) is 19.3. The summed E-state index contributed by atoms with van der Waals surface area (Å²) in [5.41, 5.74) is 1.11. The van der Waals surface area contributed by atoms with Crippen LogP contribution in [0, 0.1) is 26.0 Å². The fourth-order valence-corrected chi connectivity index (χ4v) is 3.24. The number of amides is 2. The standard InChI is InChI=1S/C23H17BrFN5O8/c1-2-37-21-9-13(12-26-28-23(32)22(31)27-17-6-4-14(24)10-16(17)25)3-7-20(21)38-19-8-5-15(29(33)34)11-18(19)30(35)36/h3-12H,2H2,1H3,(H,27,31)(H,28,32)/b26-12+. The van der Waals surface area contributed by atoms with Gasteiger partial charge in [0.15, 0.2) is 11.5 Å². The van der Waals surface area contributed by atoms with Gasteiger partial charge in [-0.1, -0.05) is 15.9 Å². The highest BCUT2D eigenvalue weighted by Crippen LogP contribution is 2.38. The van der Waals surface area contributed by atoms with Crippen LogP contribution >= 0.6 is 15.9 Å². The molecule has 15 heteroatoms. The van der Waals surface area contributed by atoms with E-state index in [1.54, 1.807) is 6.92 Å². The van der Waals surface area contributed by atoms with Crippen molar-refractivity contribution in [2.45, 2.75) is 6.92 Å². The first kappa shape index (κ1) is 27.7. The number of nitrogens with one attached hydrogen (secondary N) is 2. The number of rotatable bonds is 9. The molecule has 0 saturated heterocycles. The Bertz CT molecular complexity index is 1450. The SMILES string of the molecule is CCOc1cc(/C=N/NC(=O)C(=O)Nc2ccc(Br)cc2F)ccc1Oc1ccc([N+](=O)[O-])cc1[N+](=O)[O-]. The molecule has 0 atom stereocenters. The van der Waals surface area contributed by atoms with Gasteiger partial charge in [-0.2, -0.15) is 5.10 Å². The van der Waals surface area contributed by atoms with E-state index in [4.69, 9.17) is 9.47 Å². The first-order valence-corrected chi connectivity index (χ1v) is 11.3. The molecule has 3 rings (SSSR count). The van der Waals surface area contributed by atoms with Crippen LogP contribution in [0.5, 0.6) is 17.2 Å². The Morgan fingerprint density at radius 1 is 1.00 bits per heavy atom. The van der Waals surface area contributed by atoms with Crippen LogP contribution < -0.4 is 20.2 Å². The van der Waals surface area contributed by atoms with Crippen molar-refractivity contribution in [3.05, 3.63) is 90.7 Å². The maximum atomic E-state index is 13.8. The van der Waals surface area contributed by atoms with Gasteiger partial charge in [-0.3, -0.25) is 29.8 Å². The second kappa shape index (κ2) is 12.4. The molecule has 3 aromatic carbocycles. The highest BCUT2D eigenvalue weighted by atomic mass is 79.9. The molecule has 0 aromatic heterocycles. The number of carbonyl (C=O) groups excluding carboxylic acids is 2. The summed E-state index contributed by atoms with van der Waals surface area (Å²) in [6, 6.07) is 11.1. The van der Waals surface area contributed by atoms with Gasteiger partial charge < -0.3 is 14.8 Å². The topological polar surface area (TPSA) is 175 Å². The Kier molecular flexibility index (Phi) is 8.99. The van der Waals surface area contributed by atoms with Crippen molar-refractivity contribution in [3.8, 4) is 17.2 Å². The Hall–Kier alpha value is -4.92. The summed E-state index contributed by atoms with van der Waals surface area (Å²) in [4.78, 5) is 44.7. The molecule has 2 amide bonds. The maximum absolute atomic E-state index is 13.8. The summed E-state index contributed by atoms with van der Waals surface area (Å²) in [6.45, 7) is 1.88. The second-order valence-corrected chi connectivity index (χ2v) is 8.10. The lowest BCUT2D eigenvalue weighted by atomic mass is 10.2. The number of hydrogen-bond acceptors (Lipinski definition) is 9. The highest BCUT2D eigenvalue weighted by molar-refractivity contribution is 9.10. The lowest BCUT2D eigenvalue weighted by Crippen LogP contribution is -2.32. The average molecular weight is 590 g/mol. The maximum Gasteiger partial charge on any atom is 0.329 e. The van der Waals surface area contributed by atoms with E-state index in [-0.39, 0.29) is 29.5 Å². The third-order valence-corrected chi connectivity index (χ3v) is 5.10. The van der Waals surface area contributed by atoms with Gasteiger partial charge in [0, 0.05) is 10.5 Å². The van der Waals surface area contributed by atoms with Crippen LogP contribution in [0.2, 0.25) is 0 Å². The minimum absolute atomic E-state index is 0.0703. The summed E-state index contributed by atoms with van der Waals surface area (Å²) in [6.07, 6.45) is 1.19. The Labute approximate surface area is 221 Å². The number of hydrazone groups is 1. The number of ether oxygens (including phenoxy) is 2. The van der Waals surface area contributed by atoms with Gasteiger partial charge in [0.1, 0.15) is 5.82 Å². The predicted molar refractivity (Wildman–Crippen MR) is 136 cm³/mol. The van der Waals surface area contributed by atoms with Gasteiger partial charge in [-0.15, -0.1) is 0 Å². The quantitative estimate of drug-likeness (QED) is 0.156. The summed E-state index contributed by atoms with van der Waals surface area (Å²) in [7, 11) is 0. The van der Waals surface area contributed by atoms with E-state index in [2.05, 4.69) is 26.3 Å². The van der Waals surface area contributed by atoms with E-state index >= 15 is 0 Å². The summed E-state index contributed by atoms with van der Waals surface area (Å²) >= 11 is 3.08. The number of hydrogen-bond donors (Lipinski definition) is 2. The molecule has 0 aliphatic carbocycles. The molecule has 0 aliphatic heterocycles. The molecule has 0 saturated carbocycles. The van der Waals surface area contributed by atoms with Gasteiger partial charge >= 0.3 is 17.5 Å². The molecule has 0 heterocycles. The van der Waals surface area contributed by atoms with Gasteiger partial charge in [0.2, 0.25) is 5.75 Å². The monoisotopic (exact) mass is 589 g/mol. The summed E-state index contributed by atoms with van der Waals surface area (Å²) in [5, 5.41) is 28.1. The van der Waals surface area contributed by atoms with Crippen LogP contribution in [0.3, 0.4) is 0 Å². The first-order valence-electron chi connectivity index (χ1n) is 10.6. The molecule has 3 aromatic rings. The molecule has 2 N–H and O–H groups in total. The summed E-state index contributed by atoms with van der Waals surface area (Å²) < 4.78 is 25.4. The lowest BCUT2D eigenvalue weighted by Gasteiger charge is -2.12. The lowest BCUT2D eigenvalue weighted by molar-refractivity contribution is -0.394. The van der Waals surface area contributed by atoms with Crippen LogP contribution in [0.4, 0.5) is 21.5 Å². The van der Waals surface area contributed by atoms with Gasteiger partial charge in [0.25, 0.3) is 5.69 Å². The number of halogens is 2. The van der Waals surface area contributed by atoms with Gasteiger partial charge in [-0.25, -0.2) is 9.82 Å². The number of nitro groups is 2. The van der Waals surface area contributed by atoms with Crippen molar-refractivity contribution in [2.24, 2.45) is 5.10 Å². The third kappa shape index (κ3) is 7.07. The average Bonchev–Trinajstić information content (AvgIpc) is 2.87. The fraction of sp³-hybridized carbons (Fsp3) is 0.0870. The minimum Gasteiger partial charge on any atom is -0.490 e. The predicted octanol–water partition coefficient (Wildman–Crippen LogP) is 4.68. The number of anilines is 1. The number of carbonyl (C=O) groups is 2. The molecular formula is C23H17BrFN5O8. The van der Waals surface area contributed by atoms with E-state index < -0.39 is 38.9 Å². The number of nitrogens with zero attached hydrogens (tertiary/aromatic N) is 3. The van der Waals surface area contributed by atoms with Crippen molar-refractivity contribution in [1.29, 1.82) is 0 Å². The highest BCUT2D eigenvalue weighted by Gasteiger charge is 2.22. The van der Waals surface area contributed by atoms with Crippen molar-refractivity contribution >= 4 is 51.0 Å². The Balaban J connectivity index is 1.72. The van der Waals surface area contributed by atoms with Crippen LogP contribution in [-0.4, -0.2) is 34.5 Å². The number of non-ortho nitro benzene ring substituents is 1. The van der Waals surface area contributed by atoms with Crippen molar-refractivity contribution in [2.75, 3.05) is 11.9 Å². The van der Waals surface area contributed by atoms with Crippen molar-refractivity contribution < 1.29 is 33.3 Å². The zero-order valence-corrected chi connectivity index (χ0v) is 20.9. The molecule has 0 radical (unpaired) electrons. The van der Waals surface area contributed by atoms with E-state index in [0.717, 1.165) is 24.3 Å². The Morgan fingerprint density at radius 3 is 2.39 bits per heavy atom. The zero-order chi connectivity index (χ0) is 27.8. The largest absolute Gasteiger partial charge is 0.490 e. The molecule has 0 aliphatic rings. The van der Waals surface area contributed by atoms with Gasteiger partial charge in [-0.05, 0) is 55.0 Å². The van der Waals surface area contributed by atoms with E-state index in [9.17, 15) is 34.2 Å². The van der Waals surface area contributed by atoms with Crippen molar-refractivity contribution in [3.63, 3.8) is 0 Å². The van der Waals surface area contributed by atoms with Crippen LogP contribution in [-0.2, 0) is 9.59 Å². The van der Waals surface area contributed by atoms with E-state index in [0.29, 0.717) is 10.0 Å².